The summed E-state index contributed by atoms with van der Waals surface area (Å²) in [6.45, 7) is 6.27. The van der Waals surface area contributed by atoms with E-state index in [-0.39, 0.29) is 5.91 Å². The van der Waals surface area contributed by atoms with Crippen LogP contribution in [0.3, 0.4) is 0 Å². The minimum atomic E-state index is -0.118. The monoisotopic (exact) mass is 356 g/mol. The molecule has 1 aromatic carbocycles. The minimum Gasteiger partial charge on any atom is -0.369 e. The van der Waals surface area contributed by atoms with Gasteiger partial charge in [-0.25, -0.2) is 4.98 Å². The highest BCUT2D eigenvalue weighted by molar-refractivity contribution is 7.98. The third-order valence-corrected chi connectivity index (χ3v) is 5.25. The number of nitrogens with zero attached hydrogens (tertiary/aromatic N) is 3. The fourth-order valence-electron chi connectivity index (χ4n) is 2.97. The molecule has 1 aromatic heterocycles. The number of benzene rings is 1. The summed E-state index contributed by atoms with van der Waals surface area (Å²) in [6.07, 6.45) is 3.63. The van der Waals surface area contributed by atoms with Crippen molar-refractivity contribution < 1.29 is 4.79 Å². The first-order valence-electron chi connectivity index (χ1n) is 8.43. The van der Waals surface area contributed by atoms with Gasteiger partial charge in [0.1, 0.15) is 5.03 Å². The molecule has 0 unspecified atom stereocenters. The Balaban J connectivity index is 1.74. The number of hydrogen-bond acceptors (Lipinski definition) is 5. The molecule has 0 saturated carbocycles. The Hall–Kier alpha value is -2.05. The summed E-state index contributed by atoms with van der Waals surface area (Å²) in [7, 11) is 2.16. The van der Waals surface area contributed by atoms with Crippen molar-refractivity contribution in [1.82, 2.24) is 9.88 Å². The molecule has 1 fully saturated rings. The van der Waals surface area contributed by atoms with E-state index in [0.29, 0.717) is 5.56 Å². The maximum absolute atomic E-state index is 12.6. The standard InChI is InChI=1S/C19H24N4OS/c1-14-13-15(23-11-9-22(2)10-12-23)6-7-17(14)21-18(24)16-5-4-8-20-19(16)25-3/h4-8,13H,9-12H2,1-3H3,(H,21,24). The zero-order chi connectivity index (χ0) is 17.8. The van der Waals surface area contributed by atoms with Crippen molar-refractivity contribution in [2.45, 2.75) is 11.9 Å². The average molecular weight is 356 g/mol. The summed E-state index contributed by atoms with van der Waals surface area (Å²) in [4.78, 5) is 21.6. The number of amides is 1. The molecule has 1 aliphatic heterocycles. The predicted octanol–water partition coefficient (Wildman–Crippen LogP) is 3.12. The lowest BCUT2D eigenvalue weighted by atomic mass is 10.1. The molecule has 1 saturated heterocycles. The number of rotatable bonds is 4. The number of hydrogen-bond donors (Lipinski definition) is 1. The van der Waals surface area contributed by atoms with Crippen LogP contribution in [0.15, 0.2) is 41.6 Å². The van der Waals surface area contributed by atoms with Crippen molar-refractivity contribution in [3.05, 3.63) is 47.7 Å². The van der Waals surface area contributed by atoms with Crippen LogP contribution >= 0.6 is 11.8 Å². The molecule has 3 rings (SSSR count). The van der Waals surface area contributed by atoms with E-state index in [2.05, 4.69) is 39.3 Å². The van der Waals surface area contributed by atoms with Crippen LogP contribution in [0, 0.1) is 6.92 Å². The smallest absolute Gasteiger partial charge is 0.258 e. The fourth-order valence-corrected chi connectivity index (χ4v) is 3.51. The first-order chi connectivity index (χ1) is 12.1. The lowest BCUT2D eigenvalue weighted by molar-refractivity contribution is 0.102. The summed E-state index contributed by atoms with van der Waals surface area (Å²) in [5.41, 5.74) is 3.74. The molecule has 0 bridgehead atoms. The van der Waals surface area contributed by atoms with E-state index in [0.717, 1.165) is 42.5 Å². The van der Waals surface area contributed by atoms with E-state index in [1.165, 1.54) is 17.4 Å². The molecule has 2 heterocycles. The number of anilines is 2. The number of aryl methyl sites for hydroxylation is 1. The molecule has 0 atom stereocenters. The lowest BCUT2D eigenvalue weighted by Gasteiger charge is -2.34. The zero-order valence-corrected chi connectivity index (χ0v) is 15.8. The molecule has 132 valence electrons. The number of nitrogens with one attached hydrogen (secondary N) is 1. The van der Waals surface area contributed by atoms with Crippen molar-refractivity contribution in [2.24, 2.45) is 0 Å². The van der Waals surface area contributed by atoms with Gasteiger partial charge in [-0.3, -0.25) is 4.79 Å². The minimum absolute atomic E-state index is 0.118. The van der Waals surface area contributed by atoms with Gasteiger partial charge in [-0.05, 0) is 56.1 Å². The van der Waals surface area contributed by atoms with E-state index in [1.54, 1.807) is 12.3 Å². The van der Waals surface area contributed by atoms with Gasteiger partial charge in [0.25, 0.3) is 5.91 Å². The highest BCUT2D eigenvalue weighted by Crippen LogP contribution is 2.25. The quantitative estimate of drug-likeness (QED) is 0.853. The molecule has 1 amide bonds. The Morgan fingerprint density at radius 1 is 1.20 bits per heavy atom. The predicted molar refractivity (Wildman–Crippen MR) is 105 cm³/mol. The second-order valence-corrected chi connectivity index (χ2v) is 7.10. The van der Waals surface area contributed by atoms with Gasteiger partial charge in [0, 0.05) is 43.8 Å². The maximum atomic E-state index is 12.6. The van der Waals surface area contributed by atoms with Gasteiger partial charge in [-0.1, -0.05) is 0 Å². The molecule has 0 radical (unpaired) electrons. The van der Waals surface area contributed by atoms with Crippen LogP contribution in [0.25, 0.3) is 0 Å². The number of piperazine rings is 1. The normalized spacial score (nSPS) is 15.2. The largest absolute Gasteiger partial charge is 0.369 e. The molecule has 1 N–H and O–H groups in total. The van der Waals surface area contributed by atoms with E-state index in [9.17, 15) is 4.79 Å². The second-order valence-electron chi connectivity index (χ2n) is 6.30. The van der Waals surface area contributed by atoms with Gasteiger partial charge in [-0.2, -0.15) is 0 Å². The Bertz CT molecular complexity index is 757. The number of carbonyl (C=O) groups is 1. The molecule has 0 spiro atoms. The molecule has 1 aliphatic rings. The fraction of sp³-hybridized carbons (Fsp3) is 0.368. The summed E-state index contributed by atoms with van der Waals surface area (Å²) < 4.78 is 0. The molecule has 0 aliphatic carbocycles. The number of pyridine rings is 1. The van der Waals surface area contributed by atoms with Crippen LogP contribution < -0.4 is 10.2 Å². The third-order valence-electron chi connectivity index (χ3n) is 4.54. The summed E-state index contributed by atoms with van der Waals surface area (Å²) in [5, 5.41) is 3.76. The van der Waals surface area contributed by atoms with E-state index in [4.69, 9.17) is 0 Å². The first kappa shape index (κ1) is 17.8. The third kappa shape index (κ3) is 4.14. The number of carbonyl (C=O) groups excluding carboxylic acids is 1. The SMILES string of the molecule is CSc1ncccc1C(=O)Nc1ccc(N2CCN(C)CC2)cc1C. The van der Waals surface area contributed by atoms with Gasteiger partial charge in [0.2, 0.25) is 0 Å². The maximum Gasteiger partial charge on any atom is 0.258 e. The van der Waals surface area contributed by atoms with Crippen molar-refractivity contribution in [2.75, 3.05) is 49.7 Å². The zero-order valence-electron chi connectivity index (χ0n) is 15.0. The molecular weight excluding hydrogens is 332 g/mol. The molecule has 25 heavy (non-hydrogen) atoms. The molecule has 6 heteroatoms. The highest BCUT2D eigenvalue weighted by atomic mass is 32.2. The van der Waals surface area contributed by atoms with Gasteiger partial charge in [-0.15, -0.1) is 11.8 Å². The van der Waals surface area contributed by atoms with E-state index >= 15 is 0 Å². The molecule has 5 nitrogen and oxygen atoms in total. The second kappa shape index (κ2) is 7.89. The number of likely N-dealkylation sites (N-methyl/N-ethyl adjacent to an activating group) is 1. The topological polar surface area (TPSA) is 48.5 Å². The summed E-state index contributed by atoms with van der Waals surface area (Å²) >= 11 is 1.48. The number of thioether (sulfide) groups is 1. The Morgan fingerprint density at radius 2 is 1.96 bits per heavy atom. The van der Waals surface area contributed by atoms with Crippen LogP contribution in [0.4, 0.5) is 11.4 Å². The Labute approximate surface area is 153 Å². The van der Waals surface area contributed by atoms with Crippen LogP contribution in [0.5, 0.6) is 0 Å². The summed E-state index contributed by atoms with van der Waals surface area (Å²) in [5.74, 6) is -0.118. The van der Waals surface area contributed by atoms with Crippen molar-refractivity contribution >= 4 is 29.0 Å². The van der Waals surface area contributed by atoms with Gasteiger partial charge in [0.05, 0.1) is 5.56 Å². The van der Waals surface area contributed by atoms with Crippen molar-refractivity contribution in [1.29, 1.82) is 0 Å². The van der Waals surface area contributed by atoms with E-state index < -0.39 is 0 Å². The Kier molecular flexibility index (Phi) is 5.60. The Morgan fingerprint density at radius 3 is 2.64 bits per heavy atom. The van der Waals surface area contributed by atoms with Gasteiger partial charge >= 0.3 is 0 Å². The molecular formula is C19H24N4OS. The van der Waals surface area contributed by atoms with E-state index in [1.807, 2.05) is 25.3 Å². The van der Waals surface area contributed by atoms with Crippen molar-refractivity contribution in [3.63, 3.8) is 0 Å². The van der Waals surface area contributed by atoms with Crippen molar-refractivity contribution in [3.8, 4) is 0 Å². The first-order valence-corrected chi connectivity index (χ1v) is 9.65. The van der Waals surface area contributed by atoms with Crippen LogP contribution in [-0.2, 0) is 0 Å². The summed E-state index contributed by atoms with van der Waals surface area (Å²) in [6, 6.07) is 9.84. The average Bonchev–Trinajstić information content (AvgIpc) is 2.64. The van der Waals surface area contributed by atoms with Crippen LogP contribution in [0.2, 0.25) is 0 Å². The number of aromatic nitrogens is 1. The lowest BCUT2D eigenvalue weighted by Crippen LogP contribution is -2.44. The van der Waals surface area contributed by atoms with Crippen LogP contribution in [-0.4, -0.2) is 55.3 Å². The van der Waals surface area contributed by atoms with Crippen LogP contribution in [0.1, 0.15) is 15.9 Å². The van der Waals surface area contributed by atoms with Gasteiger partial charge in [0.15, 0.2) is 0 Å². The van der Waals surface area contributed by atoms with Gasteiger partial charge < -0.3 is 15.1 Å². The highest BCUT2D eigenvalue weighted by Gasteiger charge is 2.16. The molecule has 2 aromatic rings.